The maximum atomic E-state index is 12.6. The van der Waals surface area contributed by atoms with Gasteiger partial charge in [0.15, 0.2) is 5.78 Å². The second-order valence-electron chi connectivity index (χ2n) is 5.45. The van der Waals surface area contributed by atoms with E-state index in [0.29, 0.717) is 17.9 Å². The Hall–Kier alpha value is -1.19. The van der Waals surface area contributed by atoms with Gasteiger partial charge >= 0.3 is 0 Å². The fraction of sp³-hybridized carbons (Fsp3) is 0.500. The van der Waals surface area contributed by atoms with Crippen molar-refractivity contribution in [3.63, 3.8) is 0 Å². The number of aliphatic hydroxyl groups excluding tert-OH is 1. The summed E-state index contributed by atoms with van der Waals surface area (Å²) in [6.45, 7) is 1.96. The third-order valence-corrected chi connectivity index (χ3v) is 4.46. The number of aliphatic hydroxyl groups is 1. The molecule has 108 valence electrons. The summed E-state index contributed by atoms with van der Waals surface area (Å²) in [6.07, 6.45) is 2.79. The number of nitrogens with one attached hydrogen (secondary N) is 1. The molecule has 3 nitrogen and oxygen atoms in total. The molecule has 0 aliphatic heterocycles. The molecule has 0 amide bonds. The van der Waals surface area contributed by atoms with Crippen LogP contribution in [0.5, 0.6) is 0 Å². The van der Waals surface area contributed by atoms with Gasteiger partial charge in [0.25, 0.3) is 0 Å². The lowest BCUT2D eigenvalue weighted by atomic mass is 9.83. The fourth-order valence-electron chi connectivity index (χ4n) is 2.69. The minimum absolute atomic E-state index is 0.0160. The van der Waals surface area contributed by atoms with Gasteiger partial charge in [-0.1, -0.05) is 30.7 Å². The number of ketones is 1. The summed E-state index contributed by atoms with van der Waals surface area (Å²) < 4.78 is 0. The van der Waals surface area contributed by atoms with Gasteiger partial charge in [-0.15, -0.1) is 0 Å². The van der Waals surface area contributed by atoms with Crippen LogP contribution in [0.1, 0.15) is 38.2 Å². The van der Waals surface area contributed by atoms with Crippen molar-refractivity contribution in [2.45, 2.75) is 38.0 Å². The van der Waals surface area contributed by atoms with Gasteiger partial charge in [-0.3, -0.25) is 4.79 Å². The number of Topliss-reactive ketones (excluding diaryl/α,β-unsaturated/α-hetero) is 1. The molecule has 0 aromatic heterocycles. The Labute approximate surface area is 124 Å². The van der Waals surface area contributed by atoms with E-state index in [1.165, 1.54) is 0 Å². The maximum absolute atomic E-state index is 12.6. The number of carbonyl (C=O) groups is 1. The average Bonchev–Trinajstić information content (AvgIpc) is 3.25. The molecule has 1 aromatic rings. The van der Waals surface area contributed by atoms with E-state index in [-0.39, 0.29) is 24.0 Å². The SMILES string of the molecule is CCC(CCO)C(=N)C(=O)C1(c2ccc(Cl)cc2)CC1. The zero-order valence-corrected chi connectivity index (χ0v) is 12.4. The van der Waals surface area contributed by atoms with Crippen LogP contribution in [0.25, 0.3) is 0 Å². The molecule has 1 aromatic carbocycles. The molecule has 0 heterocycles. The maximum Gasteiger partial charge on any atom is 0.187 e. The van der Waals surface area contributed by atoms with Gasteiger partial charge in [0.05, 0.1) is 11.1 Å². The summed E-state index contributed by atoms with van der Waals surface area (Å²) in [7, 11) is 0. The quantitative estimate of drug-likeness (QED) is 0.757. The molecule has 0 spiro atoms. The van der Waals surface area contributed by atoms with Crippen molar-refractivity contribution in [1.82, 2.24) is 0 Å². The molecule has 1 aliphatic carbocycles. The highest BCUT2D eigenvalue weighted by molar-refractivity contribution is 6.43. The van der Waals surface area contributed by atoms with Crippen LogP contribution in [0.15, 0.2) is 24.3 Å². The molecule has 1 aliphatic rings. The van der Waals surface area contributed by atoms with E-state index in [2.05, 4.69) is 0 Å². The summed E-state index contributed by atoms with van der Waals surface area (Å²) in [5.74, 6) is -0.225. The van der Waals surface area contributed by atoms with Crippen LogP contribution in [-0.4, -0.2) is 23.2 Å². The summed E-state index contributed by atoms with van der Waals surface area (Å²) >= 11 is 5.88. The summed E-state index contributed by atoms with van der Waals surface area (Å²) in [6, 6.07) is 7.35. The van der Waals surface area contributed by atoms with Crippen molar-refractivity contribution >= 4 is 23.1 Å². The summed E-state index contributed by atoms with van der Waals surface area (Å²) in [5.41, 5.74) is 0.606. The van der Waals surface area contributed by atoms with Gasteiger partial charge in [0.1, 0.15) is 0 Å². The smallest absolute Gasteiger partial charge is 0.187 e. The number of hydrogen-bond donors (Lipinski definition) is 2. The Morgan fingerprint density at radius 3 is 2.45 bits per heavy atom. The molecule has 1 unspecified atom stereocenters. The van der Waals surface area contributed by atoms with E-state index in [4.69, 9.17) is 22.1 Å². The molecule has 4 heteroatoms. The largest absolute Gasteiger partial charge is 0.396 e. The minimum atomic E-state index is -0.509. The highest BCUT2D eigenvalue weighted by Gasteiger charge is 2.52. The normalized spacial score (nSPS) is 17.6. The number of halogens is 1. The molecular formula is C16H20ClNO2. The molecule has 1 fully saturated rings. The minimum Gasteiger partial charge on any atom is -0.396 e. The first-order valence-electron chi connectivity index (χ1n) is 7.05. The van der Waals surface area contributed by atoms with E-state index < -0.39 is 5.41 Å². The van der Waals surface area contributed by atoms with Crippen LogP contribution in [0.3, 0.4) is 0 Å². The Morgan fingerprint density at radius 2 is 2.00 bits per heavy atom. The lowest BCUT2D eigenvalue weighted by Crippen LogP contribution is -2.33. The van der Waals surface area contributed by atoms with E-state index >= 15 is 0 Å². The van der Waals surface area contributed by atoms with Crippen molar-refractivity contribution < 1.29 is 9.90 Å². The first kappa shape index (κ1) is 15.2. The first-order chi connectivity index (χ1) is 9.55. The summed E-state index contributed by atoms with van der Waals surface area (Å²) in [5, 5.41) is 17.8. The number of hydrogen-bond acceptors (Lipinski definition) is 3. The van der Waals surface area contributed by atoms with Crippen molar-refractivity contribution in [3.8, 4) is 0 Å². The van der Waals surface area contributed by atoms with Crippen LogP contribution in [0.2, 0.25) is 5.02 Å². The second kappa shape index (κ2) is 6.06. The van der Waals surface area contributed by atoms with E-state index in [9.17, 15) is 4.79 Å². The Bertz CT molecular complexity index is 506. The van der Waals surface area contributed by atoms with Gasteiger partial charge in [0, 0.05) is 17.5 Å². The van der Waals surface area contributed by atoms with Crippen molar-refractivity contribution in [1.29, 1.82) is 5.41 Å². The molecule has 1 saturated carbocycles. The molecule has 0 bridgehead atoms. The number of rotatable bonds is 7. The molecule has 1 atom stereocenters. The zero-order chi connectivity index (χ0) is 14.8. The van der Waals surface area contributed by atoms with Gasteiger partial charge < -0.3 is 10.5 Å². The third kappa shape index (κ3) is 2.79. The lowest BCUT2D eigenvalue weighted by Gasteiger charge is -2.20. The molecule has 2 rings (SSSR count). The predicted molar refractivity (Wildman–Crippen MR) is 80.6 cm³/mol. The molecule has 0 radical (unpaired) electrons. The van der Waals surface area contributed by atoms with Gasteiger partial charge in [-0.25, -0.2) is 0 Å². The van der Waals surface area contributed by atoms with Crippen LogP contribution in [0, 0.1) is 11.3 Å². The highest BCUT2D eigenvalue weighted by atomic mass is 35.5. The highest BCUT2D eigenvalue weighted by Crippen LogP contribution is 2.49. The van der Waals surface area contributed by atoms with Crippen LogP contribution in [0.4, 0.5) is 0 Å². The third-order valence-electron chi connectivity index (χ3n) is 4.20. The van der Waals surface area contributed by atoms with Crippen molar-refractivity contribution in [3.05, 3.63) is 34.9 Å². The van der Waals surface area contributed by atoms with Crippen molar-refractivity contribution in [2.24, 2.45) is 5.92 Å². The average molecular weight is 294 g/mol. The van der Waals surface area contributed by atoms with Gasteiger partial charge in [0.2, 0.25) is 0 Å². The van der Waals surface area contributed by atoms with Crippen LogP contribution in [-0.2, 0) is 10.2 Å². The first-order valence-corrected chi connectivity index (χ1v) is 7.43. The predicted octanol–water partition coefficient (Wildman–Crippen LogP) is 3.37. The Balaban J connectivity index is 2.19. The monoisotopic (exact) mass is 293 g/mol. The van der Waals surface area contributed by atoms with E-state index in [1.807, 2.05) is 19.1 Å². The molecule has 20 heavy (non-hydrogen) atoms. The fourth-order valence-corrected chi connectivity index (χ4v) is 2.82. The van der Waals surface area contributed by atoms with Crippen LogP contribution >= 0.6 is 11.6 Å². The van der Waals surface area contributed by atoms with Gasteiger partial charge in [-0.05, 0) is 43.4 Å². The van der Waals surface area contributed by atoms with Gasteiger partial charge in [-0.2, -0.15) is 0 Å². The molecule has 2 N–H and O–H groups in total. The summed E-state index contributed by atoms with van der Waals surface area (Å²) in [4.78, 5) is 12.6. The van der Waals surface area contributed by atoms with Crippen molar-refractivity contribution in [2.75, 3.05) is 6.61 Å². The van der Waals surface area contributed by atoms with E-state index in [0.717, 1.165) is 18.4 Å². The standard InChI is InChI=1S/C16H20ClNO2/c1-2-11(7-10-19)14(18)15(20)16(8-9-16)12-3-5-13(17)6-4-12/h3-6,11,18-19H,2,7-10H2,1H3. The number of carbonyl (C=O) groups excluding carboxylic acids is 1. The molecular weight excluding hydrogens is 274 g/mol. The van der Waals surface area contributed by atoms with Crippen LogP contribution < -0.4 is 0 Å². The Kier molecular flexibility index (Phi) is 4.61. The van der Waals surface area contributed by atoms with E-state index in [1.54, 1.807) is 12.1 Å². The lowest BCUT2D eigenvalue weighted by molar-refractivity contribution is -0.115. The topological polar surface area (TPSA) is 61.1 Å². The molecule has 0 saturated heterocycles. The Morgan fingerprint density at radius 1 is 1.40 bits per heavy atom. The zero-order valence-electron chi connectivity index (χ0n) is 11.7. The second-order valence-corrected chi connectivity index (χ2v) is 5.89. The number of benzene rings is 1.